The van der Waals surface area contributed by atoms with E-state index in [2.05, 4.69) is 28.2 Å². The first-order valence-corrected chi connectivity index (χ1v) is 6.51. The lowest BCUT2D eigenvalue weighted by Gasteiger charge is -2.31. The second kappa shape index (κ2) is 6.30. The molecule has 1 saturated heterocycles. The van der Waals surface area contributed by atoms with Gasteiger partial charge in [0.15, 0.2) is 0 Å². The third-order valence-corrected chi connectivity index (χ3v) is 3.53. The first-order chi connectivity index (χ1) is 9.22. The van der Waals surface area contributed by atoms with E-state index in [9.17, 15) is 4.79 Å². The molecule has 2 unspecified atom stereocenters. The fourth-order valence-corrected chi connectivity index (χ4v) is 2.41. The number of aromatic nitrogens is 1. The standard InChI is InChI=1S/C14H18N4O/c1-11-3-9-17-14(19)13(2-6-15)18(11)10-12-4-7-16-8-5-12/h4-5,7-8,11,13H,2-3,9-10H2,1H3,(H,17,19). The van der Waals surface area contributed by atoms with Crippen LogP contribution in [-0.2, 0) is 11.3 Å². The lowest BCUT2D eigenvalue weighted by Crippen LogP contribution is -2.46. The van der Waals surface area contributed by atoms with Gasteiger partial charge in [-0.2, -0.15) is 5.26 Å². The van der Waals surface area contributed by atoms with Gasteiger partial charge in [-0.25, -0.2) is 0 Å². The second-order valence-corrected chi connectivity index (χ2v) is 4.83. The highest BCUT2D eigenvalue weighted by Crippen LogP contribution is 2.18. The molecule has 19 heavy (non-hydrogen) atoms. The monoisotopic (exact) mass is 258 g/mol. The van der Waals surface area contributed by atoms with Gasteiger partial charge >= 0.3 is 0 Å². The van der Waals surface area contributed by atoms with E-state index >= 15 is 0 Å². The molecule has 0 aromatic carbocycles. The van der Waals surface area contributed by atoms with E-state index in [-0.39, 0.29) is 24.4 Å². The van der Waals surface area contributed by atoms with Gasteiger partial charge in [-0.3, -0.25) is 14.7 Å². The van der Waals surface area contributed by atoms with Crippen LogP contribution in [0.5, 0.6) is 0 Å². The minimum Gasteiger partial charge on any atom is -0.355 e. The highest BCUT2D eigenvalue weighted by Gasteiger charge is 2.31. The van der Waals surface area contributed by atoms with Gasteiger partial charge in [0.2, 0.25) is 5.91 Å². The molecule has 1 aromatic rings. The van der Waals surface area contributed by atoms with Crippen LogP contribution in [0.3, 0.4) is 0 Å². The molecular weight excluding hydrogens is 240 g/mol. The molecule has 0 spiro atoms. The summed E-state index contributed by atoms with van der Waals surface area (Å²) in [6.45, 7) is 3.45. The average Bonchev–Trinajstić information content (AvgIpc) is 2.54. The molecule has 100 valence electrons. The van der Waals surface area contributed by atoms with Gasteiger partial charge in [0.1, 0.15) is 6.04 Å². The minimum absolute atomic E-state index is 0.0417. The van der Waals surface area contributed by atoms with Gasteiger partial charge in [-0.05, 0) is 31.0 Å². The maximum Gasteiger partial charge on any atom is 0.238 e. The van der Waals surface area contributed by atoms with E-state index in [1.165, 1.54) is 0 Å². The van der Waals surface area contributed by atoms with Gasteiger partial charge < -0.3 is 5.32 Å². The number of hydrogen-bond acceptors (Lipinski definition) is 4. The predicted octanol–water partition coefficient (Wildman–Crippen LogP) is 1.07. The number of amides is 1. The van der Waals surface area contributed by atoms with Gasteiger partial charge in [0.25, 0.3) is 0 Å². The Morgan fingerprint density at radius 1 is 1.53 bits per heavy atom. The summed E-state index contributed by atoms with van der Waals surface area (Å²) in [6.07, 6.45) is 4.62. The number of carbonyl (C=O) groups is 1. The molecule has 1 aromatic heterocycles. The molecule has 1 aliphatic heterocycles. The molecule has 1 amide bonds. The molecular formula is C14H18N4O. The van der Waals surface area contributed by atoms with Crippen molar-refractivity contribution in [2.45, 2.75) is 38.4 Å². The number of carbonyl (C=O) groups excluding carboxylic acids is 1. The SMILES string of the molecule is CC1CCNC(=O)C(CC#N)N1Cc1ccncc1. The normalized spacial score (nSPS) is 24.3. The highest BCUT2D eigenvalue weighted by atomic mass is 16.2. The Morgan fingerprint density at radius 3 is 2.95 bits per heavy atom. The van der Waals surface area contributed by atoms with Crippen LogP contribution >= 0.6 is 0 Å². The van der Waals surface area contributed by atoms with Crippen LogP contribution < -0.4 is 5.32 Å². The number of nitrogens with one attached hydrogen (secondary N) is 1. The van der Waals surface area contributed by atoms with Crippen molar-refractivity contribution < 1.29 is 4.79 Å². The van der Waals surface area contributed by atoms with E-state index < -0.39 is 0 Å². The maximum absolute atomic E-state index is 12.0. The third-order valence-electron chi connectivity index (χ3n) is 3.53. The summed E-state index contributed by atoms with van der Waals surface area (Å²) in [5, 5.41) is 11.8. The van der Waals surface area contributed by atoms with Gasteiger partial charge in [0.05, 0.1) is 12.5 Å². The van der Waals surface area contributed by atoms with Crippen LogP contribution in [0.25, 0.3) is 0 Å². The first-order valence-electron chi connectivity index (χ1n) is 6.51. The van der Waals surface area contributed by atoms with E-state index in [0.717, 1.165) is 12.0 Å². The smallest absolute Gasteiger partial charge is 0.238 e. The van der Waals surface area contributed by atoms with Crippen LogP contribution in [0.15, 0.2) is 24.5 Å². The average molecular weight is 258 g/mol. The first kappa shape index (κ1) is 13.5. The van der Waals surface area contributed by atoms with Crippen molar-refractivity contribution in [1.29, 1.82) is 5.26 Å². The Balaban J connectivity index is 2.20. The summed E-state index contributed by atoms with van der Waals surface area (Å²) in [5.41, 5.74) is 1.11. The second-order valence-electron chi connectivity index (χ2n) is 4.83. The largest absolute Gasteiger partial charge is 0.355 e. The van der Waals surface area contributed by atoms with E-state index in [1.54, 1.807) is 12.4 Å². The molecule has 2 rings (SSSR count). The summed E-state index contributed by atoms with van der Waals surface area (Å²) >= 11 is 0. The van der Waals surface area contributed by atoms with Gasteiger partial charge in [-0.15, -0.1) is 0 Å². The zero-order chi connectivity index (χ0) is 13.7. The fraction of sp³-hybridized carbons (Fsp3) is 0.500. The summed E-state index contributed by atoms with van der Waals surface area (Å²) in [4.78, 5) is 18.1. The summed E-state index contributed by atoms with van der Waals surface area (Å²) < 4.78 is 0. The lowest BCUT2D eigenvalue weighted by molar-refractivity contribution is -0.126. The van der Waals surface area contributed by atoms with Crippen LogP contribution in [-0.4, -0.2) is 34.4 Å². The molecule has 0 aliphatic carbocycles. The molecule has 1 N–H and O–H groups in total. The Hall–Kier alpha value is -1.93. The van der Waals surface area contributed by atoms with E-state index in [1.807, 2.05) is 12.1 Å². The van der Waals surface area contributed by atoms with Crippen molar-refractivity contribution >= 4 is 5.91 Å². The molecule has 0 bridgehead atoms. The quantitative estimate of drug-likeness (QED) is 0.880. The van der Waals surface area contributed by atoms with E-state index in [4.69, 9.17) is 5.26 Å². The highest BCUT2D eigenvalue weighted by molar-refractivity contribution is 5.82. The van der Waals surface area contributed by atoms with Gasteiger partial charge in [-0.1, -0.05) is 0 Å². The Bertz CT molecular complexity index is 468. The number of pyridine rings is 1. The van der Waals surface area contributed by atoms with Crippen LogP contribution in [0.4, 0.5) is 0 Å². The fourth-order valence-electron chi connectivity index (χ4n) is 2.41. The number of nitriles is 1. The summed E-state index contributed by atoms with van der Waals surface area (Å²) in [6, 6.07) is 5.91. The maximum atomic E-state index is 12.0. The third kappa shape index (κ3) is 3.30. The van der Waals surface area contributed by atoms with Crippen molar-refractivity contribution in [3.05, 3.63) is 30.1 Å². The molecule has 5 heteroatoms. The Kier molecular flexibility index (Phi) is 4.48. The van der Waals surface area contributed by atoms with Crippen molar-refractivity contribution in [1.82, 2.24) is 15.2 Å². The number of hydrogen-bond donors (Lipinski definition) is 1. The summed E-state index contributed by atoms with van der Waals surface area (Å²) in [5.74, 6) is -0.0417. The van der Waals surface area contributed by atoms with Crippen molar-refractivity contribution in [2.75, 3.05) is 6.54 Å². The minimum atomic E-state index is -0.365. The topological polar surface area (TPSA) is 69.0 Å². The molecule has 5 nitrogen and oxygen atoms in total. The molecule has 1 fully saturated rings. The zero-order valence-electron chi connectivity index (χ0n) is 11.0. The summed E-state index contributed by atoms with van der Waals surface area (Å²) in [7, 11) is 0. The Labute approximate surface area is 113 Å². The van der Waals surface area contributed by atoms with Crippen molar-refractivity contribution in [3.63, 3.8) is 0 Å². The van der Waals surface area contributed by atoms with Crippen LogP contribution in [0.1, 0.15) is 25.3 Å². The van der Waals surface area contributed by atoms with Crippen molar-refractivity contribution in [3.8, 4) is 6.07 Å². The Morgan fingerprint density at radius 2 is 2.26 bits per heavy atom. The molecule has 0 saturated carbocycles. The van der Waals surface area contributed by atoms with Crippen molar-refractivity contribution in [2.24, 2.45) is 0 Å². The van der Waals surface area contributed by atoms with Crippen LogP contribution in [0, 0.1) is 11.3 Å². The molecule has 2 heterocycles. The predicted molar refractivity (Wildman–Crippen MR) is 70.9 cm³/mol. The van der Waals surface area contributed by atoms with E-state index in [0.29, 0.717) is 13.1 Å². The van der Waals surface area contributed by atoms with Gasteiger partial charge in [0, 0.05) is 31.5 Å². The molecule has 2 atom stereocenters. The number of nitrogens with zero attached hydrogens (tertiary/aromatic N) is 3. The number of rotatable bonds is 3. The van der Waals surface area contributed by atoms with Crippen LogP contribution in [0.2, 0.25) is 0 Å². The lowest BCUT2D eigenvalue weighted by atomic mass is 10.1. The molecule has 1 aliphatic rings. The molecule has 0 radical (unpaired) electrons. The zero-order valence-corrected chi connectivity index (χ0v) is 11.0.